The number of amides is 1. The molecule has 1 amide bonds. The number of hydrogen-bond acceptors (Lipinski definition) is 4. The molecule has 0 fully saturated rings. The van der Waals surface area contributed by atoms with E-state index in [1.54, 1.807) is 25.3 Å². The molecule has 0 aliphatic carbocycles. The van der Waals surface area contributed by atoms with E-state index < -0.39 is 11.7 Å². The van der Waals surface area contributed by atoms with Gasteiger partial charge in [0.15, 0.2) is 5.82 Å². The van der Waals surface area contributed by atoms with Gasteiger partial charge in [-0.25, -0.2) is 14.6 Å². The highest BCUT2D eigenvalue weighted by Crippen LogP contribution is 2.29. The van der Waals surface area contributed by atoms with Crippen LogP contribution in [0.1, 0.15) is 33.0 Å². The van der Waals surface area contributed by atoms with Crippen molar-refractivity contribution in [2.45, 2.75) is 26.6 Å². The van der Waals surface area contributed by atoms with Crippen LogP contribution < -0.4 is 5.32 Å². The average Bonchev–Trinajstić information content (AvgIpc) is 3.34. The zero-order valence-electron chi connectivity index (χ0n) is 17.3. The van der Waals surface area contributed by atoms with Crippen molar-refractivity contribution in [3.8, 4) is 5.82 Å². The van der Waals surface area contributed by atoms with Crippen molar-refractivity contribution in [1.82, 2.24) is 24.3 Å². The van der Waals surface area contributed by atoms with Gasteiger partial charge in [0, 0.05) is 30.8 Å². The van der Waals surface area contributed by atoms with Gasteiger partial charge in [-0.1, -0.05) is 12.1 Å². The Labute approximate surface area is 181 Å². The molecule has 0 radical (unpaired) electrons. The van der Waals surface area contributed by atoms with Crippen molar-refractivity contribution >= 4 is 11.6 Å². The number of imidazole rings is 1. The molecule has 4 rings (SSSR count). The number of nitrogens with zero attached hydrogens (tertiary/aromatic N) is 5. The Hall–Kier alpha value is -3.95. The largest absolute Gasteiger partial charge is 0.417 e. The van der Waals surface area contributed by atoms with E-state index in [9.17, 15) is 18.0 Å². The Morgan fingerprint density at radius 1 is 1.03 bits per heavy atom. The highest BCUT2D eigenvalue weighted by Gasteiger charge is 2.30. The molecular formula is C22H19F3N6O. The summed E-state index contributed by atoms with van der Waals surface area (Å²) >= 11 is 0. The summed E-state index contributed by atoms with van der Waals surface area (Å²) in [5, 5.41) is 6.92. The zero-order valence-corrected chi connectivity index (χ0v) is 17.3. The molecule has 3 heterocycles. The molecule has 0 unspecified atom stereocenters. The Bertz CT molecular complexity index is 1240. The fourth-order valence-corrected chi connectivity index (χ4v) is 3.20. The summed E-state index contributed by atoms with van der Waals surface area (Å²) in [5.74, 6) is 0.727. The van der Waals surface area contributed by atoms with Crippen LogP contribution in [0.25, 0.3) is 5.82 Å². The second-order valence-electron chi connectivity index (χ2n) is 7.21. The Morgan fingerprint density at radius 3 is 2.38 bits per heavy atom. The summed E-state index contributed by atoms with van der Waals surface area (Å²) < 4.78 is 41.5. The van der Waals surface area contributed by atoms with Crippen LogP contribution in [-0.4, -0.2) is 30.2 Å². The lowest BCUT2D eigenvalue weighted by Crippen LogP contribution is -2.13. The first-order chi connectivity index (χ1) is 15.2. The first kappa shape index (κ1) is 21.3. The predicted octanol–water partition coefficient (Wildman–Crippen LogP) is 4.40. The lowest BCUT2D eigenvalue weighted by atomic mass is 10.2. The molecule has 0 atom stereocenters. The fraction of sp³-hybridized carbons (Fsp3) is 0.182. The van der Waals surface area contributed by atoms with Gasteiger partial charge in [-0.05, 0) is 43.7 Å². The Kier molecular flexibility index (Phi) is 5.52. The van der Waals surface area contributed by atoms with E-state index in [1.807, 2.05) is 29.8 Å². The molecule has 0 spiro atoms. The van der Waals surface area contributed by atoms with Gasteiger partial charge in [-0.3, -0.25) is 4.79 Å². The maximum absolute atomic E-state index is 12.7. The molecule has 1 aromatic carbocycles. The number of aryl methyl sites for hydroxylation is 1. The predicted molar refractivity (Wildman–Crippen MR) is 112 cm³/mol. The summed E-state index contributed by atoms with van der Waals surface area (Å²) in [6.07, 6.45) is 1.27. The van der Waals surface area contributed by atoms with Gasteiger partial charge in [-0.2, -0.15) is 18.3 Å². The summed E-state index contributed by atoms with van der Waals surface area (Å²) in [5.41, 5.74) is 1.57. The molecule has 0 aliphatic rings. The Balaban J connectivity index is 1.46. The van der Waals surface area contributed by atoms with Gasteiger partial charge >= 0.3 is 6.18 Å². The second-order valence-corrected chi connectivity index (χ2v) is 7.21. The Morgan fingerprint density at radius 2 is 1.78 bits per heavy atom. The maximum Gasteiger partial charge on any atom is 0.417 e. The van der Waals surface area contributed by atoms with Crippen LogP contribution in [0.5, 0.6) is 0 Å². The van der Waals surface area contributed by atoms with E-state index in [-0.39, 0.29) is 11.7 Å². The second kappa shape index (κ2) is 8.29. The van der Waals surface area contributed by atoms with Crippen molar-refractivity contribution in [1.29, 1.82) is 0 Å². The molecule has 164 valence electrons. The molecule has 32 heavy (non-hydrogen) atoms. The molecule has 0 bridgehead atoms. The van der Waals surface area contributed by atoms with Crippen molar-refractivity contribution in [3.05, 3.63) is 89.4 Å². The van der Waals surface area contributed by atoms with Crippen molar-refractivity contribution in [2.24, 2.45) is 0 Å². The number of pyridine rings is 1. The van der Waals surface area contributed by atoms with E-state index >= 15 is 0 Å². The number of halogens is 3. The van der Waals surface area contributed by atoms with E-state index in [1.165, 1.54) is 16.9 Å². The van der Waals surface area contributed by atoms with Gasteiger partial charge in [0.05, 0.1) is 23.0 Å². The van der Waals surface area contributed by atoms with Gasteiger partial charge in [-0.15, -0.1) is 0 Å². The number of nitrogens with one attached hydrogen (secondary N) is 1. The summed E-state index contributed by atoms with van der Waals surface area (Å²) in [6.45, 7) is 4.25. The van der Waals surface area contributed by atoms with E-state index in [2.05, 4.69) is 20.4 Å². The van der Waals surface area contributed by atoms with Gasteiger partial charge in [0.25, 0.3) is 5.91 Å². The number of aromatic nitrogens is 5. The maximum atomic E-state index is 12.7. The number of alkyl halides is 3. The van der Waals surface area contributed by atoms with E-state index in [0.29, 0.717) is 23.5 Å². The minimum absolute atomic E-state index is 0.189. The van der Waals surface area contributed by atoms with Crippen LogP contribution in [0.15, 0.2) is 61.2 Å². The number of carbonyl (C=O) groups excluding carboxylic acids is 1. The summed E-state index contributed by atoms with van der Waals surface area (Å²) in [7, 11) is 0. The van der Waals surface area contributed by atoms with Gasteiger partial charge in [0.2, 0.25) is 0 Å². The van der Waals surface area contributed by atoms with Crippen LogP contribution in [0.3, 0.4) is 0 Å². The molecule has 3 aromatic heterocycles. The quantitative estimate of drug-likeness (QED) is 0.499. The van der Waals surface area contributed by atoms with Crippen LogP contribution >= 0.6 is 0 Å². The minimum atomic E-state index is -4.47. The van der Waals surface area contributed by atoms with Crippen LogP contribution in [0, 0.1) is 13.8 Å². The topological polar surface area (TPSA) is 77.6 Å². The molecule has 4 aromatic rings. The number of rotatable bonds is 5. The number of benzene rings is 1. The van der Waals surface area contributed by atoms with Crippen LogP contribution in [-0.2, 0) is 12.7 Å². The van der Waals surface area contributed by atoms with Crippen molar-refractivity contribution in [2.75, 3.05) is 5.32 Å². The fourth-order valence-electron chi connectivity index (χ4n) is 3.20. The number of anilines is 1. The average molecular weight is 440 g/mol. The van der Waals surface area contributed by atoms with Gasteiger partial charge in [0.1, 0.15) is 5.82 Å². The third-order valence-electron chi connectivity index (χ3n) is 5.03. The highest BCUT2D eigenvalue weighted by molar-refractivity contribution is 6.04. The SMILES string of the molecule is Cc1nccn1Cc1ccc(NC(=O)c2cnn(-c3ccc(C(F)(F)F)cn3)c2C)cc1. The third kappa shape index (κ3) is 4.39. The van der Waals surface area contributed by atoms with E-state index in [0.717, 1.165) is 23.7 Å². The van der Waals surface area contributed by atoms with Crippen molar-refractivity contribution in [3.63, 3.8) is 0 Å². The number of hydrogen-bond donors (Lipinski definition) is 1. The summed E-state index contributed by atoms with van der Waals surface area (Å²) in [4.78, 5) is 20.7. The molecule has 0 saturated heterocycles. The van der Waals surface area contributed by atoms with Crippen LogP contribution in [0.4, 0.5) is 18.9 Å². The zero-order chi connectivity index (χ0) is 22.9. The number of carbonyl (C=O) groups is 1. The van der Waals surface area contributed by atoms with Gasteiger partial charge < -0.3 is 9.88 Å². The smallest absolute Gasteiger partial charge is 0.331 e. The molecule has 0 aliphatic heterocycles. The molecular weight excluding hydrogens is 421 g/mol. The van der Waals surface area contributed by atoms with E-state index in [4.69, 9.17) is 0 Å². The third-order valence-corrected chi connectivity index (χ3v) is 5.03. The lowest BCUT2D eigenvalue weighted by Gasteiger charge is -2.09. The van der Waals surface area contributed by atoms with Crippen molar-refractivity contribution < 1.29 is 18.0 Å². The normalized spacial score (nSPS) is 11.5. The minimum Gasteiger partial charge on any atom is -0.331 e. The molecule has 10 heteroatoms. The summed E-state index contributed by atoms with van der Waals surface area (Å²) in [6, 6.07) is 9.57. The molecule has 7 nitrogen and oxygen atoms in total. The monoisotopic (exact) mass is 440 g/mol. The standard InChI is InChI=1S/C22H19F3N6O/c1-14-19(12-28-31(14)20-8-5-17(11-27-20)22(23,24)25)21(32)29-18-6-3-16(4-7-18)13-30-10-9-26-15(30)2/h3-12H,13H2,1-2H3,(H,29,32). The first-order valence-electron chi connectivity index (χ1n) is 9.68. The highest BCUT2D eigenvalue weighted by atomic mass is 19.4. The van der Waals surface area contributed by atoms with Crippen LogP contribution in [0.2, 0.25) is 0 Å². The molecule has 1 N–H and O–H groups in total. The molecule has 0 saturated carbocycles. The first-order valence-corrected chi connectivity index (χ1v) is 9.68. The lowest BCUT2D eigenvalue weighted by molar-refractivity contribution is -0.137.